The van der Waals surface area contributed by atoms with Crippen molar-refractivity contribution in [2.24, 2.45) is 35.5 Å². The molecule has 4 saturated carbocycles. The second-order valence-corrected chi connectivity index (χ2v) is 15.2. The molecule has 0 aromatic rings. The van der Waals surface area contributed by atoms with Crippen LogP contribution in [0.4, 0.5) is 0 Å². The number of methoxy groups -OCH3 is 1. The molecule has 0 bridgehead atoms. The Hall–Kier alpha value is -1.72. The minimum absolute atomic E-state index is 0.0208. The molecule has 1 amide bonds. The maximum atomic E-state index is 13.4. The van der Waals surface area contributed by atoms with Crippen molar-refractivity contribution < 1.29 is 57.4 Å². The van der Waals surface area contributed by atoms with Crippen molar-refractivity contribution in [3.63, 3.8) is 0 Å². The fraction of sp³-hybridized carbons (Fsp3) is 0.906. The van der Waals surface area contributed by atoms with Crippen LogP contribution in [0, 0.1) is 35.5 Å². The second kappa shape index (κ2) is 19.5. The zero-order chi connectivity index (χ0) is 33.8. The van der Waals surface area contributed by atoms with Crippen molar-refractivity contribution in [1.29, 1.82) is 0 Å². The summed E-state index contributed by atoms with van der Waals surface area (Å²) in [6.45, 7) is 0.865. The first-order chi connectivity index (χ1) is 22.7. The summed E-state index contributed by atoms with van der Waals surface area (Å²) in [6, 6.07) is -0.167. The standard InChI is InChI=1S/C32H54N2O12S/c1-41-32(38)21-10-11-22(19-44-39)23(14-21)18-43-34-25-6-3-7-26(15-25)46-47(40)27-8-4-5-24(16-27)33-30(35)29-13-20(17-45-42-2)9-12-28(29)31(36)37/h20-29,34,39H,3-19H2,1-2H3,(H,33,35)(H,36,37). The van der Waals surface area contributed by atoms with Gasteiger partial charge in [0.2, 0.25) is 5.91 Å². The fourth-order valence-corrected chi connectivity index (χ4v) is 9.32. The van der Waals surface area contributed by atoms with E-state index in [0.29, 0.717) is 58.2 Å². The Morgan fingerprint density at radius 2 is 1.60 bits per heavy atom. The van der Waals surface area contributed by atoms with E-state index in [2.05, 4.69) is 15.7 Å². The molecule has 0 heterocycles. The first-order valence-corrected chi connectivity index (χ1v) is 18.3. The van der Waals surface area contributed by atoms with Crippen molar-refractivity contribution in [1.82, 2.24) is 10.8 Å². The molecular weight excluding hydrogens is 636 g/mol. The quantitative estimate of drug-likeness (QED) is 0.105. The third-order valence-corrected chi connectivity index (χ3v) is 12.1. The highest BCUT2D eigenvalue weighted by atomic mass is 32.2. The molecule has 47 heavy (non-hydrogen) atoms. The number of hydrogen-bond acceptors (Lipinski definition) is 12. The molecule has 0 aliphatic heterocycles. The van der Waals surface area contributed by atoms with Gasteiger partial charge in [0.25, 0.3) is 0 Å². The molecule has 4 aliphatic rings. The smallest absolute Gasteiger partial charge is 0.308 e. The summed E-state index contributed by atoms with van der Waals surface area (Å²) in [6.07, 6.45) is 9.34. The van der Waals surface area contributed by atoms with Crippen molar-refractivity contribution in [2.45, 2.75) is 113 Å². The molecule has 4 fully saturated rings. The van der Waals surface area contributed by atoms with Gasteiger partial charge in [-0.05, 0) is 101 Å². The highest BCUT2D eigenvalue weighted by molar-refractivity contribution is 7.80. The summed E-state index contributed by atoms with van der Waals surface area (Å²) < 4.78 is 24.4. The van der Waals surface area contributed by atoms with Gasteiger partial charge in [0.1, 0.15) is 0 Å². The van der Waals surface area contributed by atoms with Crippen molar-refractivity contribution in [3.05, 3.63) is 0 Å². The van der Waals surface area contributed by atoms with Crippen molar-refractivity contribution in [3.8, 4) is 0 Å². The Morgan fingerprint density at radius 3 is 2.34 bits per heavy atom. The van der Waals surface area contributed by atoms with E-state index >= 15 is 0 Å². The van der Waals surface area contributed by atoms with E-state index in [4.69, 9.17) is 28.8 Å². The van der Waals surface area contributed by atoms with Gasteiger partial charge in [-0.3, -0.25) is 23.8 Å². The number of carboxylic acids is 1. The molecule has 15 heteroatoms. The van der Waals surface area contributed by atoms with Gasteiger partial charge in [-0.15, -0.1) is 0 Å². The van der Waals surface area contributed by atoms with Crippen LogP contribution in [-0.4, -0.2) is 89.9 Å². The molecule has 14 nitrogen and oxygen atoms in total. The lowest BCUT2D eigenvalue weighted by Crippen LogP contribution is -2.48. The first-order valence-electron chi connectivity index (χ1n) is 17.2. The van der Waals surface area contributed by atoms with Crippen molar-refractivity contribution >= 4 is 28.9 Å². The number of ether oxygens (including phenoxy) is 1. The molecule has 11 unspecified atom stereocenters. The average Bonchev–Trinajstić information content (AvgIpc) is 3.07. The molecule has 0 radical (unpaired) electrons. The highest BCUT2D eigenvalue weighted by Crippen LogP contribution is 2.37. The summed E-state index contributed by atoms with van der Waals surface area (Å²) in [7, 11) is 2.82. The van der Waals surface area contributed by atoms with Crippen LogP contribution in [0.1, 0.15) is 89.9 Å². The summed E-state index contributed by atoms with van der Waals surface area (Å²) in [5, 5.41) is 21.6. The average molecular weight is 691 g/mol. The number of hydrogen-bond donors (Lipinski definition) is 4. The molecular formula is C32H54N2O12S. The summed E-state index contributed by atoms with van der Waals surface area (Å²) >= 11 is -1.54. The van der Waals surface area contributed by atoms with E-state index in [9.17, 15) is 23.7 Å². The fourth-order valence-electron chi connectivity index (χ4n) is 7.97. The number of esters is 1. The Morgan fingerprint density at radius 1 is 0.809 bits per heavy atom. The zero-order valence-corrected chi connectivity index (χ0v) is 28.5. The molecule has 0 aromatic carbocycles. The lowest BCUT2D eigenvalue weighted by Gasteiger charge is -2.36. The maximum Gasteiger partial charge on any atom is 0.308 e. The number of nitrogens with one attached hydrogen (secondary N) is 2. The lowest BCUT2D eigenvalue weighted by atomic mass is 9.73. The Bertz CT molecular complexity index is 1040. The van der Waals surface area contributed by atoms with Gasteiger partial charge < -0.3 is 20.0 Å². The van der Waals surface area contributed by atoms with Crippen LogP contribution in [0.5, 0.6) is 0 Å². The van der Waals surface area contributed by atoms with Crippen LogP contribution >= 0.6 is 0 Å². The monoisotopic (exact) mass is 690 g/mol. The summed E-state index contributed by atoms with van der Waals surface area (Å²) in [5.41, 5.74) is 3.16. The Kier molecular flexibility index (Phi) is 15.8. The summed E-state index contributed by atoms with van der Waals surface area (Å²) in [4.78, 5) is 57.4. The maximum absolute atomic E-state index is 13.4. The third-order valence-electron chi connectivity index (χ3n) is 10.6. The molecule has 4 aliphatic carbocycles. The SMILES string of the molecule is COOCC1CCC(C(=O)O)C(C(=O)NC2CCCC(S(=O)OC3CCCC(NOCC4CC(C(=O)OC)CCC4COO)C3)C2)C1. The van der Waals surface area contributed by atoms with Gasteiger partial charge in [-0.25, -0.2) is 18.9 Å². The van der Waals surface area contributed by atoms with Crippen LogP contribution in [0.2, 0.25) is 0 Å². The number of rotatable bonds is 16. The van der Waals surface area contributed by atoms with E-state index < -0.39 is 28.9 Å². The third kappa shape index (κ3) is 11.4. The molecule has 0 aromatic heterocycles. The Balaban J connectivity index is 1.22. The van der Waals surface area contributed by atoms with Crippen molar-refractivity contribution in [2.75, 3.05) is 34.0 Å². The van der Waals surface area contributed by atoms with Gasteiger partial charge in [0, 0.05) is 12.1 Å². The first kappa shape index (κ1) is 38.1. The van der Waals surface area contributed by atoms with Crippen LogP contribution < -0.4 is 10.8 Å². The van der Waals surface area contributed by atoms with Crippen LogP contribution in [0.25, 0.3) is 0 Å². The van der Waals surface area contributed by atoms with E-state index in [1.807, 2.05) is 0 Å². The van der Waals surface area contributed by atoms with Crippen LogP contribution in [0.3, 0.4) is 0 Å². The molecule has 4 rings (SSSR count). The van der Waals surface area contributed by atoms with Gasteiger partial charge in [0.05, 0.1) is 63.1 Å². The molecule has 0 spiro atoms. The topological polar surface area (TPSA) is 188 Å². The van der Waals surface area contributed by atoms with Gasteiger partial charge in [0.15, 0.2) is 11.1 Å². The molecule has 11 atom stereocenters. The summed E-state index contributed by atoms with van der Waals surface area (Å²) in [5.74, 6) is -2.88. The minimum Gasteiger partial charge on any atom is -0.481 e. The number of amides is 1. The molecule has 270 valence electrons. The lowest BCUT2D eigenvalue weighted by molar-refractivity contribution is -0.281. The zero-order valence-electron chi connectivity index (χ0n) is 27.7. The largest absolute Gasteiger partial charge is 0.481 e. The number of carbonyl (C=O) groups is 3. The van der Waals surface area contributed by atoms with Gasteiger partial charge in [-0.1, -0.05) is 6.42 Å². The van der Waals surface area contributed by atoms with Gasteiger partial charge in [-0.2, -0.15) is 5.48 Å². The molecule has 0 saturated heterocycles. The predicted octanol–water partition coefficient (Wildman–Crippen LogP) is 3.32. The number of carbonyl (C=O) groups excluding carboxylic acids is 2. The van der Waals surface area contributed by atoms with Gasteiger partial charge >= 0.3 is 11.9 Å². The highest BCUT2D eigenvalue weighted by Gasteiger charge is 2.41. The molecule has 4 N–H and O–H groups in total. The number of carboxylic acid groups (broad SMARTS) is 1. The van der Waals surface area contributed by atoms with E-state index in [-0.39, 0.29) is 65.6 Å². The van der Waals surface area contributed by atoms with Crippen LogP contribution in [-0.2, 0) is 53.9 Å². The second-order valence-electron chi connectivity index (χ2n) is 13.8. The van der Waals surface area contributed by atoms with E-state index in [0.717, 1.165) is 44.9 Å². The predicted molar refractivity (Wildman–Crippen MR) is 168 cm³/mol. The normalized spacial score (nSPS) is 35.5. The van der Waals surface area contributed by atoms with E-state index in [1.54, 1.807) is 0 Å². The number of hydroxylamine groups is 1. The van der Waals surface area contributed by atoms with Crippen LogP contribution in [0.15, 0.2) is 0 Å². The van der Waals surface area contributed by atoms with E-state index in [1.165, 1.54) is 14.2 Å². The minimum atomic E-state index is -1.54. The number of aliphatic carboxylic acids is 1. The Labute approximate surface area is 279 Å².